The third-order valence-electron chi connectivity index (χ3n) is 3.09. The second kappa shape index (κ2) is 4.75. The fraction of sp³-hybridized carbons (Fsp3) is 0.462. The van der Waals surface area contributed by atoms with Crippen molar-refractivity contribution >= 4 is 17.3 Å². The highest BCUT2D eigenvalue weighted by Crippen LogP contribution is 2.26. The van der Waals surface area contributed by atoms with Crippen LogP contribution in [0.1, 0.15) is 25.3 Å². The second-order valence-corrected chi connectivity index (χ2v) is 4.78. The Morgan fingerprint density at radius 3 is 2.71 bits per heavy atom. The van der Waals surface area contributed by atoms with E-state index in [1.807, 2.05) is 18.2 Å². The molecule has 4 N–H and O–H groups in total. The van der Waals surface area contributed by atoms with E-state index in [1.165, 1.54) is 12.5 Å². The molecule has 1 saturated carbocycles. The summed E-state index contributed by atoms with van der Waals surface area (Å²) in [5.74, 6) is -0.0505. The number of hydrogen-bond acceptors (Lipinski definition) is 3. The molecule has 4 heteroatoms. The van der Waals surface area contributed by atoms with E-state index in [1.54, 1.807) is 0 Å². The Morgan fingerprint density at radius 1 is 1.41 bits per heavy atom. The molecule has 1 amide bonds. The Labute approximate surface area is 102 Å². The van der Waals surface area contributed by atoms with Crippen LogP contribution < -0.4 is 16.4 Å². The molecule has 1 aliphatic carbocycles. The zero-order valence-corrected chi connectivity index (χ0v) is 10.3. The predicted octanol–water partition coefficient (Wildman–Crippen LogP) is 1.86. The summed E-state index contributed by atoms with van der Waals surface area (Å²) in [6.07, 6.45) is 2.04. The first-order valence-corrected chi connectivity index (χ1v) is 5.95. The quantitative estimate of drug-likeness (QED) is 0.746. The molecule has 1 fully saturated rings. The summed E-state index contributed by atoms with van der Waals surface area (Å²) < 4.78 is 0. The monoisotopic (exact) mass is 233 g/mol. The highest BCUT2D eigenvalue weighted by molar-refractivity contribution is 5.89. The van der Waals surface area contributed by atoms with Crippen LogP contribution in [0.3, 0.4) is 0 Å². The summed E-state index contributed by atoms with van der Waals surface area (Å²) in [7, 11) is 0. The van der Waals surface area contributed by atoms with Gasteiger partial charge in [0.15, 0.2) is 0 Å². The van der Waals surface area contributed by atoms with E-state index in [-0.39, 0.29) is 5.91 Å². The zero-order valence-electron chi connectivity index (χ0n) is 10.3. The lowest BCUT2D eigenvalue weighted by molar-refractivity contribution is -0.114. The Balaban J connectivity index is 2.06. The molecule has 0 radical (unpaired) electrons. The van der Waals surface area contributed by atoms with Crippen LogP contribution in [-0.2, 0) is 4.79 Å². The molecule has 0 atom stereocenters. The van der Waals surface area contributed by atoms with Crippen LogP contribution in [0.2, 0.25) is 0 Å². The maximum atomic E-state index is 11.0. The summed E-state index contributed by atoms with van der Waals surface area (Å²) in [5, 5.41) is 6.25. The van der Waals surface area contributed by atoms with Crippen molar-refractivity contribution < 1.29 is 4.79 Å². The molecule has 0 bridgehead atoms. The van der Waals surface area contributed by atoms with Crippen molar-refractivity contribution in [1.82, 2.24) is 0 Å². The number of aryl methyl sites for hydroxylation is 1. The van der Waals surface area contributed by atoms with Gasteiger partial charge in [0.25, 0.3) is 0 Å². The van der Waals surface area contributed by atoms with Gasteiger partial charge >= 0.3 is 0 Å². The normalized spacial score (nSPS) is 22.8. The lowest BCUT2D eigenvalue weighted by atomic mass is 9.87. The largest absolute Gasteiger partial charge is 0.382 e. The first kappa shape index (κ1) is 11.9. The number of nitrogens with one attached hydrogen (secondary N) is 2. The van der Waals surface area contributed by atoms with Crippen molar-refractivity contribution in [1.29, 1.82) is 0 Å². The molecule has 0 unspecified atom stereocenters. The van der Waals surface area contributed by atoms with Crippen molar-refractivity contribution in [2.24, 2.45) is 5.73 Å². The molecule has 17 heavy (non-hydrogen) atoms. The fourth-order valence-electron chi connectivity index (χ4n) is 2.06. The SMILES string of the molecule is CC(=O)Nc1ccc(C)c(NC2CC(N)C2)c1. The third kappa shape index (κ3) is 2.97. The number of carbonyl (C=O) groups excluding carboxylic acids is 1. The minimum atomic E-state index is -0.0505. The van der Waals surface area contributed by atoms with Gasteiger partial charge in [0.05, 0.1) is 0 Å². The van der Waals surface area contributed by atoms with Gasteiger partial charge in [-0.05, 0) is 37.5 Å². The summed E-state index contributed by atoms with van der Waals surface area (Å²) >= 11 is 0. The van der Waals surface area contributed by atoms with Crippen LogP contribution in [0.5, 0.6) is 0 Å². The first-order chi connectivity index (χ1) is 8.04. The number of rotatable bonds is 3. The van der Waals surface area contributed by atoms with E-state index in [4.69, 9.17) is 5.73 Å². The van der Waals surface area contributed by atoms with E-state index < -0.39 is 0 Å². The lowest BCUT2D eigenvalue weighted by Crippen LogP contribution is -2.44. The highest BCUT2D eigenvalue weighted by atomic mass is 16.1. The van der Waals surface area contributed by atoms with Gasteiger partial charge in [0.1, 0.15) is 0 Å². The van der Waals surface area contributed by atoms with Gasteiger partial charge < -0.3 is 16.4 Å². The van der Waals surface area contributed by atoms with Gasteiger partial charge in [-0.15, -0.1) is 0 Å². The smallest absolute Gasteiger partial charge is 0.221 e. The van der Waals surface area contributed by atoms with Gasteiger partial charge in [-0.1, -0.05) is 6.07 Å². The highest BCUT2D eigenvalue weighted by Gasteiger charge is 2.25. The molecule has 4 nitrogen and oxygen atoms in total. The second-order valence-electron chi connectivity index (χ2n) is 4.78. The van der Waals surface area contributed by atoms with E-state index >= 15 is 0 Å². The standard InChI is InChI=1S/C13H19N3O/c1-8-3-4-11(15-9(2)17)7-13(8)16-12-5-10(14)6-12/h3-4,7,10,12,16H,5-6,14H2,1-2H3,(H,15,17). The molecule has 1 aromatic rings. The Hall–Kier alpha value is -1.55. The average molecular weight is 233 g/mol. The van der Waals surface area contributed by atoms with E-state index in [0.717, 1.165) is 24.2 Å². The van der Waals surface area contributed by atoms with Crippen molar-refractivity contribution in [2.45, 2.75) is 38.8 Å². The molecule has 0 aromatic heterocycles. The molecule has 2 rings (SSSR count). The number of amides is 1. The molecular formula is C13H19N3O. The van der Waals surface area contributed by atoms with Crippen LogP contribution in [0.15, 0.2) is 18.2 Å². The summed E-state index contributed by atoms with van der Waals surface area (Å²) in [6.45, 7) is 3.57. The van der Waals surface area contributed by atoms with Gasteiger partial charge in [0, 0.05) is 30.4 Å². The van der Waals surface area contributed by atoms with Crippen LogP contribution in [0, 0.1) is 6.92 Å². The zero-order chi connectivity index (χ0) is 12.4. The molecule has 92 valence electrons. The molecule has 0 saturated heterocycles. The molecular weight excluding hydrogens is 214 g/mol. The average Bonchev–Trinajstić information content (AvgIpc) is 2.20. The van der Waals surface area contributed by atoms with Crippen LogP contribution in [-0.4, -0.2) is 18.0 Å². The van der Waals surface area contributed by atoms with Gasteiger partial charge in [-0.2, -0.15) is 0 Å². The van der Waals surface area contributed by atoms with Crippen LogP contribution >= 0.6 is 0 Å². The molecule has 1 aromatic carbocycles. The number of carbonyl (C=O) groups is 1. The third-order valence-corrected chi connectivity index (χ3v) is 3.09. The van der Waals surface area contributed by atoms with Crippen molar-refractivity contribution in [2.75, 3.05) is 10.6 Å². The number of hydrogen-bond donors (Lipinski definition) is 3. The number of nitrogens with two attached hydrogens (primary N) is 1. The minimum absolute atomic E-state index is 0.0505. The molecule has 1 aliphatic rings. The summed E-state index contributed by atoms with van der Waals surface area (Å²) in [6, 6.07) is 6.70. The first-order valence-electron chi connectivity index (χ1n) is 5.95. The van der Waals surface area contributed by atoms with Gasteiger partial charge in [0.2, 0.25) is 5.91 Å². The summed E-state index contributed by atoms with van der Waals surface area (Å²) in [4.78, 5) is 11.0. The maximum absolute atomic E-state index is 11.0. The van der Waals surface area contributed by atoms with E-state index in [0.29, 0.717) is 12.1 Å². The van der Waals surface area contributed by atoms with Crippen LogP contribution in [0.4, 0.5) is 11.4 Å². The van der Waals surface area contributed by atoms with Gasteiger partial charge in [-0.3, -0.25) is 4.79 Å². The lowest BCUT2D eigenvalue weighted by Gasteiger charge is -2.34. The van der Waals surface area contributed by atoms with E-state index in [2.05, 4.69) is 17.6 Å². The number of benzene rings is 1. The Morgan fingerprint density at radius 2 is 2.12 bits per heavy atom. The number of anilines is 2. The molecule has 0 aliphatic heterocycles. The van der Waals surface area contributed by atoms with E-state index in [9.17, 15) is 4.79 Å². The minimum Gasteiger partial charge on any atom is -0.382 e. The molecule has 0 heterocycles. The Bertz CT molecular complexity index is 425. The maximum Gasteiger partial charge on any atom is 0.221 e. The Kier molecular flexibility index (Phi) is 3.33. The summed E-state index contributed by atoms with van der Waals surface area (Å²) in [5.41, 5.74) is 8.84. The fourth-order valence-corrected chi connectivity index (χ4v) is 2.06. The van der Waals surface area contributed by atoms with Crippen molar-refractivity contribution in [3.05, 3.63) is 23.8 Å². The van der Waals surface area contributed by atoms with Crippen molar-refractivity contribution in [3.8, 4) is 0 Å². The predicted molar refractivity (Wildman–Crippen MR) is 70.1 cm³/mol. The van der Waals surface area contributed by atoms with Crippen molar-refractivity contribution in [3.63, 3.8) is 0 Å². The van der Waals surface area contributed by atoms with Gasteiger partial charge in [-0.25, -0.2) is 0 Å². The topological polar surface area (TPSA) is 67.2 Å². The van der Waals surface area contributed by atoms with Crippen LogP contribution in [0.25, 0.3) is 0 Å². The molecule has 0 spiro atoms.